The molecule has 0 saturated carbocycles. The summed E-state index contributed by atoms with van der Waals surface area (Å²) < 4.78 is 60.3. The van der Waals surface area contributed by atoms with E-state index in [-0.39, 0.29) is 24.7 Å². The van der Waals surface area contributed by atoms with Crippen LogP contribution in [0, 0.1) is 0 Å². The molecule has 0 aliphatic carbocycles. The van der Waals surface area contributed by atoms with Gasteiger partial charge in [0.05, 0.1) is 70.7 Å². The van der Waals surface area contributed by atoms with Gasteiger partial charge in [-0.2, -0.15) is 38.0 Å². The zero-order valence-corrected chi connectivity index (χ0v) is 40.6. The number of carbonyl (C=O) groups is 4. The molecule has 2 unspecified atom stereocenters. The first kappa shape index (κ1) is 51.1. The molecule has 2 saturated heterocycles. The van der Waals surface area contributed by atoms with Gasteiger partial charge < -0.3 is 26.2 Å². The molecular weight excluding hydrogens is 991 g/mol. The Hall–Kier alpha value is -7.72. The molecule has 4 aromatic carbocycles. The van der Waals surface area contributed by atoms with E-state index < -0.39 is 47.8 Å². The third kappa shape index (κ3) is 11.7. The largest absolute Gasteiger partial charge is 0.345 e. The number of aryl methyl sites for hydroxylation is 2. The van der Waals surface area contributed by atoms with Gasteiger partial charge in [-0.1, -0.05) is 60.7 Å². The van der Waals surface area contributed by atoms with Crippen molar-refractivity contribution in [2.24, 2.45) is 19.8 Å². The predicted octanol–water partition coefficient (Wildman–Crippen LogP) is 7.32. The lowest BCUT2D eigenvalue weighted by Gasteiger charge is -2.29. The topological polar surface area (TPSA) is 207 Å². The number of nitrogens with one attached hydrogen (secondary N) is 3. The minimum atomic E-state index is -3.54. The summed E-state index contributed by atoms with van der Waals surface area (Å²) >= 11 is 3.25. The van der Waals surface area contributed by atoms with E-state index in [1.165, 1.54) is 7.05 Å². The van der Waals surface area contributed by atoms with E-state index in [1.807, 2.05) is 105 Å². The van der Waals surface area contributed by atoms with Crippen molar-refractivity contribution in [2.75, 3.05) is 16.8 Å². The van der Waals surface area contributed by atoms with Crippen molar-refractivity contribution >= 4 is 72.7 Å². The SMILES string of the molecule is CC(F)(F)C(=O)N[C@H]1CC(=O)N(c2ccc3[nH]ncc3c2)C1c1ccccc1.CN.Cn1cc(-n2ncc3cc(N4C(=O)C[C@H](NC(=O)C(C)(F)F)C4c4ccccc4)ccc32)cn1.Cn1cc(Br)cn1. The molecule has 8 aromatic rings. The molecule has 0 bridgehead atoms. The van der Waals surface area contributed by atoms with E-state index >= 15 is 0 Å². The Morgan fingerprint density at radius 1 is 0.648 bits per heavy atom. The summed E-state index contributed by atoms with van der Waals surface area (Å²) in [4.78, 5) is 53.0. The van der Waals surface area contributed by atoms with Gasteiger partial charge >= 0.3 is 11.8 Å². The monoisotopic (exact) mass is 1040 g/mol. The molecule has 22 heteroatoms. The van der Waals surface area contributed by atoms with Crippen molar-refractivity contribution in [1.29, 1.82) is 0 Å². The van der Waals surface area contributed by atoms with Crippen LogP contribution in [-0.4, -0.2) is 94.1 Å². The van der Waals surface area contributed by atoms with Crippen molar-refractivity contribution in [2.45, 2.75) is 62.7 Å². The number of carbonyl (C=O) groups excluding carboxylic acids is 4. The second kappa shape index (κ2) is 21.5. The molecule has 2 aliphatic rings. The Labute approximate surface area is 413 Å². The number of rotatable bonds is 9. The Balaban J connectivity index is 0.000000180. The van der Waals surface area contributed by atoms with E-state index in [9.17, 15) is 36.7 Å². The molecule has 0 radical (unpaired) electrons. The second-order valence-corrected chi connectivity index (χ2v) is 17.6. The fourth-order valence-electron chi connectivity index (χ4n) is 8.35. The molecule has 17 nitrogen and oxygen atoms in total. The van der Waals surface area contributed by atoms with E-state index in [1.54, 1.807) is 66.8 Å². The molecule has 5 N–H and O–H groups in total. The van der Waals surface area contributed by atoms with Crippen LogP contribution in [0.3, 0.4) is 0 Å². The van der Waals surface area contributed by atoms with Gasteiger partial charge in [0.2, 0.25) is 11.8 Å². The number of anilines is 2. The van der Waals surface area contributed by atoms with Crippen LogP contribution >= 0.6 is 15.9 Å². The molecule has 0 spiro atoms. The number of halogens is 5. The average Bonchev–Trinajstić information content (AvgIpc) is 4.22. The van der Waals surface area contributed by atoms with Gasteiger partial charge in [-0.05, 0) is 70.5 Å². The zero-order valence-electron chi connectivity index (χ0n) is 39.1. The molecule has 370 valence electrons. The number of alkyl halides is 4. The van der Waals surface area contributed by atoms with Crippen molar-refractivity contribution in [1.82, 2.24) is 50.2 Å². The number of H-pyrrole nitrogens is 1. The first-order valence-corrected chi connectivity index (χ1v) is 22.9. The summed E-state index contributed by atoms with van der Waals surface area (Å²) in [7, 11) is 5.20. The van der Waals surface area contributed by atoms with Gasteiger partial charge in [0.1, 0.15) is 5.69 Å². The molecule has 2 aliphatic heterocycles. The standard InChI is InChI=1S/C24H22F2N6O2.C20H18F2N4O2.C4H5BrN2.CH5N/c1-24(25,26)23(34)29-19-11-21(33)31(22(19)15-6-4-3-5-7-15)17-8-9-20-16(10-17)12-28-32(20)18-13-27-30(2)14-18;1-20(21,22)19(28)24-16-10-17(27)26(18(16)12-5-3-2-4-6-12)14-7-8-15-13(9-14)11-23-25-15;1-7-3-4(5)2-6-7;1-2/h3-10,12-14,19,22H,11H2,1-2H3,(H,29,34);2-9,11,16,18H,10H2,1H3,(H,23,25)(H,24,28);2-3H,1H3;2H2,1H3/t19-,22?;16-,18?;;/m00../s1. The minimum absolute atomic E-state index is 0.0647. The number of aromatic nitrogens is 8. The van der Waals surface area contributed by atoms with E-state index in [0.29, 0.717) is 25.2 Å². The van der Waals surface area contributed by atoms with E-state index in [0.717, 1.165) is 43.1 Å². The molecule has 2 fully saturated rings. The van der Waals surface area contributed by atoms with Crippen LogP contribution in [0.2, 0.25) is 0 Å². The van der Waals surface area contributed by atoms with Crippen LogP contribution < -0.4 is 26.2 Å². The summed E-state index contributed by atoms with van der Waals surface area (Å²) in [6.45, 7) is 1.09. The number of benzene rings is 4. The van der Waals surface area contributed by atoms with Crippen LogP contribution in [0.1, 0.15) is 49.9 Å². The van der Waals surface area contributed by atoms with E-state index in [4.69, 9.17) is 0 Å². The Morgan fingerprint density at radius 2 is 1.14 bits per heavy atom. The van der Waals surface area contributed by atoms with Gasteiger partial charge in [-0.15, -0.1) is 0 Å². The van der Waals surface area contributed by atoms with Gasteiger partial charge in [-0.3, -0.25) is 33.6 Å². The number of amides is 4. The minimum Gasteiger partial charge on any atom is -0.345 e. The van der Waals surface area contributed by atoms with Gasteiger partial charge in [0, 0.05) is 69.1 Å². The highest BCUT2D eigenvalue weighted by atomic mass is 79.9. The number of nitrogens with zero attached hydrogens (tertiary/aromatic N) is 9. The second-order valence-electron chi connectivity index (χ2n) is 16.7. The van der Waals surface area contributed by atoms with Crippen molar-refractivity contribution in [3.8, 4) is 5.69 Å². The van der Waals surface area contributed by atoms with E-state index in [2.05, 4.69) is 57.8 Å². The highest BCUT2D eigenvalue weighted by Crippen LogP contribution is 2.40. The summed E-state index contributed by atoms with van der Waals surface area (Å²) in [5.74, 6) is -10.4. The number of hydrogen-bond acceptors (Lipinski definition) is 9. The maximum absolute atomic E-state index is 13.6. The van der Waals surface area contributed by atoms with Crippen molar-refractivity contribution < 1.29 is 36.7 Å². The lowest BCUT2D eigenvalue weighted by Crippen LogP contribution is -2.46. The smallest absolute Gasteiger partial charge is 0.321 e. The summed E-state index contributed by atoms with van der Waals surface area (Å²) in [5.41, 5.74) is 9.66. The Kier molecular flexibility index (Phi) is 15.5. The number of fused-ring (bicyclic) bond motifs is 2. The highest BCUT2D eigenvalue weighted by Gasteiger charge is 2.46. The first-order valence-electron chi connectivity index (χ1n) is 22.1. The molecule has 10 rings (SSSR count). The fourth-order valence-corrected chi connectivity index (χ4v) is 8.74. The number of hydrogen-bond donors (Lipinski definition) is 4. The van der Waals surface area contributed by atoms with Crippen molar-refractivity contribution in [3.05, 3.63) is 150 Å². The van der Waals surface area contributed by atoms with Crippen LogP contribution in [0.15, 0.2) is 139 Å². The van der Waals surface area contributed by atoms with Crippen molar-refractivity contribution in [3.63, 3.8) is 0 Å². The van der Waals surface area contributed by atoms with Gasteiger partial charge in [-0.25, -0.2) is 4.68 Å². The molecular formula is C49H50BrF4N13O4. The van der Waals surface area contributed by atoms with Gasteiger partial charge in [0.25, 0.3) is 11.8 Å². The molecule has 71 heavy (non-hydrogen) atoms. The average molecular weight is 1040 g/mol. The summed E-state index contributed by atoms with van der Waals surface area (Å²) in [5, 5.41) is 25.7. The maximum atomic E-state index is 13.6. The Morgan fingerprint density at radius 3 is 1.59 bits per heavy atom. The first-order chi connectivity index (χ1) is 33.8. The molecule has 4 aromatic heterocycles. The lowest BCUT2D eigenvalue weighted by molar-refractivity contribution is -0.144. The third-order valence-corrected chi connectivity index (χ3v) is 11.9. The predicted molar refractivity (Wildman–Crippen MR) is 263 cm³/mol. The number of nitrogens with two attached hydrogens (primary N) is 1. The third-order valence-electron chi connectivity index (χ3n) is 11.5. The lowest BCUT2D eigenvalue weighted by atomic mass is 9.99. The normalized spacial score (nSPS) is 17.8. The van der Waals surface area contributed by atoms with Crippen LogP contribution in [0.5, 0.6) is 0 Å². The van der Waals surface area contributed by atoms with Crippen LogP contribution in [0.25, 0.3) is 27.5 Å². The van der Waals surface area contributed by atoms with Crippen LogP contribution in [-0.2, 0) is 33.3 Å². The summed E-state index contributed by atoms with van der Waals surface area (Å²) in [6, 6.07) is 26.2. The molecule has 4 atom stereocenters. The molecule has 6 heterocycles. The zero-order chi connectivity index (χ0) is 51.2. The number of aromatic amines is 1. The fraction of sp³-hybridized carbons (Fsp3) is 0.265. The Bertz CT molecular complexity index is 3110. The maximum Gasteiger partial charge on any atom is 0.321 e. The van der Waals surface area contributed by atoms with Crippen LogP contribution in [0.4, 0.5) is 28.9 Å². The quantitative estimate of drug-likeness (QED) is 0.107. The van der Waals surface area contributed by atoms with Gasteiger partial charge in [0.15, 0.2) is 0 Å². The highest BCUT2D eigenvalue weighted by molar-refractivity contribution is 9.10. The molecule has 4 amide bonds. The summed E-state index contributed by atoms with van der Waals surface area (Å²) in [6.07, 6.45) is 10.4.